The van der Waals surface area contributed by atoms with Gasteiger partial charge in [0.25, 0.3) is 0 Å². The van der Waals surface area contributed by atoms with Gasteiger partial charge < -0.3 is 4.74 Å². The Bertz CT molecular complexity index is 520. The van der Waals surface area contributed by atoms with Gasteiger partial charge in [0, 0.05) is 18.2 Å². The van der Waals surface area contributed by atoms with Crippen LogP contribution < -0.4 is 4.74 Å². The molecule has 0 aliphatic carbocycles. The number of ketones is 1. The quantitative estimate of drug-likeness (QED) is 0.775. The SMILES string of the molecule is CC(C)Oc1cncc(C(=O)Cc2ccsc2)c1. The summed E-state index contributed by atoms with van der Waals surface area (Å²) in [5, 5.41) is 3.96. The van der Waals surface area contributed by atoms with Crippen LogP contribution in [0.3, 0.4) is 0 Å². The number of carbonyl (C=O) groups excluding carboxylic acids is 1. The summed E-state index contributed by atoms with van der Waals surface area (Å²) in [6.07, 6.45) is 3.70. The van der Waals surface area contributed by atoms with Crippen molar-refractivity contribution < 1.29 is 9.53 Å². The van der Waals surface area contributed by atoms with E-state index in [0.717, 1.165) is 5.56 Å². The first kappa shape index (κ1) is 12.8. The Kier molecular flexibility index (Phi) is 4.10. The van der Waals surface area contributed by atoms with Crippen LogP contribution in [0, 0.1) is 0 Å². The van der Waals surface area contributed by atoms with Crippen molar-refractivity contribution in [3.05, 3.63) is 46.4 Å². The molecule has 0 N–H and O–H groups in total. The standard InChI is InChI=1S/C14H15NO2S/c1-10(2)17-13-6-12(7-15-8-13)14(16)5-11-3-4-18-9-11/h3-4,6-10H,5H2,1-2H3. The number of ether oxygens (including phenoxy) is 1. The van der Waals surface area contributed by atoms with Crippen molar-refractivity contribution in [3.8, 4) is 5.75 Å². The predicted octanol–water partition coefficient (Wildman–Crippen LogP) is 3.36. The van der Waals surface area contributed by atoms with E-state index in [4.69, 9.17) is 4.74 Å². The molecule has 2 rings (SSSR count). The molecule has 0 bridgehead atoms. The summed E-state index contributed by atoms with van der Waals surface area (Å²) >= 11 is 1.60. The first-order valence-corrected chi connectivity index (χ1v) is 6.75. The van der Waals surface area contributed by atoms with Gasteiger partial charge in [-0.3, -0.25) is 9.78 Å². The minimum absolute atomic E-state index is 0.0649. The molecule has 0 saturated carbocycles. The highest BCUT2D eigenvalue weighted by Gasteiger charge is 2.09. The summed E-state index contributed by atoms with van der Waals surface area (Å²) < 4.78 is 5.53. The zero-order valence-electron chi connectivity index (χ0n) is 10.4. The second kappa shape index (κ2) is 5.78. The molecule has 18 heavy (non-hydrogen) atoms. The van der Waals surface area contributed by atoms with Gasteiger partial charge in [-0.25, -0.2) is 0 Å². The van der Waals surface area contributed by atoms with Crippen LogP contribution in [0.2, 0.25) is 0 Å². The van der Waals surface area contributed by atoms with Gasteiger partial charge in [0.05, 0.1) is 12.3 Å². The smallest absolute Gasteiger partial charge is 0.168 e. The van der Waals surface area contributed by atoms with Crippen LogP contribution in [0.1, 0.15) is 29.8 Å². The second-order valence-electron chi connectivity index (χ2n) is 4.31. The van der Waals surface area contributed by atoms with Gasteiger partial charge in [-0.1, -0.05) is 0 Å². The zero-order chi connectivity index (χ0) is 13.0. The molecule has 0 aliphatic heterocycles. The Morgan fingerprint density at radius 3 is 2.94 bits per heavy atom. The maximum Gasteiger partial charge on any atom is 0.168 e. The number of nitrogens with zero attached hydrogens (tertiary/aromatic N) is 1. The number of rotatable bonds is 5. The third-order valence-electron chi connectivity index (χ3n) is 2.35. The third kappa shape index (κ3) is 3.40. The van der Waals surface area contributed by atoms with Crippen molar-refractivity contribution in [3.63, 3.8) is 0 Å². The summed E-state index contributed by atoms with van der Waals surface area (Å²) in [4.78, 5) is 16.1. The minimum atomic E-state index is 0.0649. The molecule has 0 aliphatic rings. The maximum absolute atomic E-state index is 12.1. The van der Waals surface area contributed by atoms with E-state index < -0.39 is 0 Å². The van der Waals surface area contributed by atoms with Crippen LogP contribution in [-0.2, 0) is 6.42 Å². The Labute approximate surface area is 110 Å². The van der Waals surface area contributed by atoms with E-state index in [0.29, 0.717) is 17.7 Å². The Hall–Kier alpha value is -1.68. The van der Waals surface area contributed by atoms with E-state index in [1.54, 1.807) is 29.8 Å². The average Bonchev–Trinajstić information content (AvgIpc) is 2.81. The molecule has 0 saturated heterocycles. The Morgan fingerprint density at radius 2 is 2.28 bits per heavy atom. The van der Waals surface area contributed by atoms with E-state index in [1.807, 2.05) is 30.7 Å². The van der Waals surface area contributed by atoms with Gasteiger partial charge in [-0.15, -0.1) is 0 Å². The number of hydrogen-bond donors (Lipinski definition) is 0. The van der Waals surface area contributed by atoms with Gasteiger partial charge in [-0.05, 0) is 42.3 Å². The number of thiophene rings is 1. The van der Waals surface area contributed by atoms with E-state index in [-0.39, 0.29) is 11.9 Å². The van der Waals surface area contributed by atoms with Crippen LogP contribution in [0.25, 0.3) is 0 Å². The number of hydrogen-bond acceptors (Lipinski definition) is 4. The minimum Gasteiger partial charge on any atom is -0.489 e. The highest BCUT2D eigenvalue weighted by Crippen LogP contribution is 2.16. The summed E-state index contributed by atoms with van der Waals surface area (Å²) in [5.74, 6) is 0.705. The lowest BCUT2D eigenvalue weighted by Gasteiger charge is -2.09. The number of carbonyl (C=O) groups is 1. The Balaban J connectivity index is 2.10. The molecule has 0 amide bonds. The van der Waals surface area contributed by atoms with Crippen LogP contribution >= 0.6 is 11.3 Å². The molecule has 4 heteroatoms. The molecule has 0 unspecified atom stereocenters. The van der Waals surface area contributed by atoms with Gasteiger partial charge in [0.15, 0.2) is 5.78 Å². The monoisotopic (exact) mass is 261 g/mol. The molecule has 94 valence electrons. The fraction of sp³-hybridized carbons (Fsp3) is 0.286. The van der Waals surface area contributed by atoms with Gasteiger partial charge in [0.1, 0.15) is 5.75 Å². The highest BCUT2D eigenvalue weighted by molar-refractivity contribution is 7.08. The lowest BCUT2D eigenvalue weighted by Crippen LogP contribution is -2.08. The number of pyridine rings is 1. The average molecular weight is 261 g/mol. The number of Topliss-reactive ketones (excluding diaryl/α,β-unsaturated/α-hetero) is 1. The van der Waals surface area contributed by atoms with Crippen molar-refractivity contribution in [2.45, 2.75) is 26.4 Å². The van der Waals surface area contributed by atoms with Crippen LogP contribution in [0.5, 0.6) is 5.75 Å². The van der Waals surface area contributed by atoms with E-state index >= 15 is 0 Å². The molecule has 2 aromatic rings. The van der Waals surface area contributed by atoms with Crippen molar-refractivity contribution in [1.82, 2.24) is 4.98 Å². The fourth-order valence-corrected chi connectivity index (χ4v) is 2.26. The van der Waals surface area contributed by atoms with Crippen LogP contribution in [0.4, 0.5) is 0 Å². The lowest BCUT2D eigenvalue weighted by molar-refractivity contribution is 0.0992. The number of aromatic nitrogens is 1. The normalized spacial score (nSPS) is 10.6. The highest BCUT2D eigenvalue weighted by atomic mass is 32.1. The Morgan fingerprint density at radius 1 is 1.44 bits per heavy atom. The van der Waals surface area contributed by atoms with E-state index in [2.05, 4.69) is 4.98 Å². The van der Waals surface area contributed by atoms with Gasteiger partial charge in [0.2, 0.25) is 0 Å². The molecule has 0 fully saturated rings. The zero-order valence-corrected chi connectivity index (χ0v) is 11.2. The van der Waals surface area contributed by atoms with Crippen molar-refractivity contribution in [2.75, 3.05) is 0 Å². The van der Waals surface area contributed by atoms with E-state index in [9.17, 15) is 4.79 Å². The summed E-state index contributed by atoms with van der Waals surface area (Å²) in [7, 11) is 0. The van der Waals surface area contributed by atoms with Crippen LogP contribution in [-0.4, -0.2) is 16.9 Å². The molecule has 0 atom stereocenters. The molecule has 0 spiro atoms. The lowest BCUT2D eigenvalue weighted by atomic mass is 10.1. The van der Waals surface area contributed by atoms with Gasteiger partial charge >= 0.3 is 0 Å². The second-order valence-corrected chi connectivity index (χ2v) is 5.09. The molecule has 2 aromatic heterocycles. The molecule has 2 heterocycles. The van der Waals surface area contributed by atoms with Crippen molar-refractivity contribution in [2.24, 2.45) is 0 Å². The fourth-order valence-electron chi connectivity index (χ4n) is 1.59. The molecule has 0 aromatic carbocycles. The summed E-state index contributed by atoms with van der Waals surface area (Å²) in [5.41, 5.74) is 1.64. The predicted molar refractivity (Wildman–Crippen MR) is 72.4 cm³/mol. The summed E-state index contributed by atoms with van der Waals surface area (Å²) in [6, 6.07) is 3.71. The first-order chi connectivity index (χ1) is 8.65. The molecular formula is C14H15NO2S. The first-order valence-electron chi connectivity index (χ1n) is 5.81. The van der Waals surface area contributed by atoms with E-state index in [1.165, 1.54) is 0 Å². The van der Waals surface area contributed by atoms with Crippen molar-refractivity contribution >= 4 is 17.1 Å². The molecule has 0 radical (unpaired) electrons. The van der Waals surface area contributed by atoms with Gasteiger partial charge in [-0.2, -0.15) is 11.3 Å². The molecular weight excluding hydrogens is 246 g/mol. The van der Waals surface area contributed by atoms with Crippen LogP contribution in [0.15, 0.2) is 35.3 Å². The largest absolute Gasteiger partial charge is 0.489 e. The maximum atomic E-state index is 12.1. The van der Waals surface area contributed by atoms with Crippen molar-refractivity contribution in [1.29, 1.82) is 0 Å². The summed E-state index contributed by atoms with van der Waals surface area (Å²) in [6.45, 7) is 3.89. The third-order valence-corrected chi connectivity index (χ3v) is 3.08. The topological polar surface area (TPSA) is 39.2 Å². The molecule has 3 nitrogen and oxygen atoms in total.